The normalized spacial score (nSPS) is 12.2. The van der Waals surface area contributed by atoms with Crippen molar-refractivity contribution in [3.05, 3.63) is 164 Å². The Bertz CT molecular complexity index is 3370. The first-order valence-electron chi connectivity index (χ1n) is 17.8. The van der Waals surface area contributed by atoms with Crippen LogP contribution in [0.3, 0.4) is 0 Å². The second-order valence-electron chi connectivity index (χ2n) is 13.7. The molecule has 0 N–H and O–H groups in total. The minimum absolute atomic E-state index is 0.550. The van der Waals surface area contributed by atoms with Crippen molar-refractivity contribution in [3.8, 4) is 28.3 Å². The molecule has 0 amide bonds. The van der Waals surface area contributed by atoms with E-state index in [0.717, 1.165) is 71.7 Å². The third-order valence-corrected chi connectivity index (χ3v) is 10.8. The molecule has 0 saturated carbocycles. The Hall–Kier alpha value is -7.24. The summed E-state index contributed by atoms with van der Waals surface area (Å²) in [7, 11) is 0. The van der Waals surface area contributed by atoms with E-state index in [1.807, 2.05) is 18.2 Å². The van der Waals surface area contributed by atoms with Gasteiger partial charge in [-0.15, -0.1) is 0 Å². The lowest BCUT2D eigenvalue weighted by Crippen LogP contribution is -2.02. The average Bonchev–Trinajstić information content (AvgIpc) is 3.90. The summed E-state index contributed by atoms with van der Waals surface area (Å²) in [5.74, 6) is 0.568. The number of hydrogen-bond acceptors (Lipinski definition) is 4. The molecule has 0 atom stereocenters. The molecule has 12 aromatic rings. The molecule has 0 aliphatic rings. The van der Waals surface area contributed by atoms with Crippen molar-refractivity contribution < 1.29 is 8.83 Å². The summed E-state index contributed by atoms with van der Waals surface area (Å²) in [5, 5.41) is 11.2. The van der Waals surface area contributed by atoms with Gasteiger partial charge in [-0.2, -0.15) is 4.98 Å². The molecular weight excluding hydrogens is 651 g/mol. The van der Waals surface area contributed by atoms with E-state index in [0.29, 0.717) is 11.7 Å². The summed E-state index contributed by atoms with van der Waals surface area (Å²) >= 11 is 0. The molecule has 5 nitrogen and oxygen atoms in total. The Kier molecular flexibility index (Phi) is 5.71. The lowest BCUT2D eigenvalue weighted by Gasteiger charge is -2.10. The van der Waals surface area contributed by atoms with Gasteiger partial charge in [0.2, 0.25) is 11.7 Å². The fourth-order valence-corrected chi connectivity index (χ4v) is 8.42. The van der Waals surface area contributed by atoms with Crippen LogP contribution in [0.15, 0.2) is 173 Å². The Morgan fingerprint density at radius 2 is 0.943 bits per heavy atom. The van der Waals surface area contributed by atoms with Gasteiger partial charge in [-0.05, 0) is 75.1 Å². The maximum Gasteiger partial charge on any atom is 0.238 e. The number of para-hydroxylation sites is 1. The van der Waals surface area contributed by atoms with Crippen LogP contribution >= 0.6 is 0 Å². The topological polar surface area (TPSA) is 57.0 Å². The fourth-order valence-electron chi connectivity index (χ4n) is 8.42. The number of benzene rings is 8. The van der Waals surface area contributed by atoms with E-state index < -0.39 is 0 Å². The van der Waals surface area contributed by atoms with Crippen LogP contribution in [0.25, 0.3) is 116 Å². The predicted octanol–water partition coefficient (Wildman–Crippen LogP) is 13.0. The first kappa shape index (κ1) is 28.5. The van der Waals surface area contributed by atoms with Crippen molar-refractivity contribution in [1.29, 1.82) is 0 Å². The maximum absolute atomic E-state index is 6.64. The van der Waals surface area contributed by atoms with Crippen LogP contribution in [0.4, 0.5) is 0 Å². The number of aromatic nitrogens is 3. The first-order chi connectivity index (χ1) is 26.3. The smallest absolute Gasteiger partial charge is 0.238 e. The van der Waals surface area contributed by atoms with Gasteiger partial charge in [-0.25, -0.2) is 4.98 Å². The number of furan rings is 2. The van der Waals surface area contributed by atoms with E-state index in [1.165, 1.54) is 32.3 Å². The molecule has 0 saturated heterocycles. The monoisotopic (exact) mass is 677 g/mol. The molecular formula is C48H27N3O2. The molecule has 0 aliphatic heterocycles. The molecule has 8 aromatic carbocycles. The molecule has 12 rings (SSSR count). The van der Waals surface area contributed by atoms with E-state index in [2.05, 4.69) is 150 Å². The minimum atomic E-state index is 0.550. The molecule has 4 aromatic heterocycles. The van der Waals surface area contributed by atoms with Crippen LogP contribution in [0.5, 0.6) is 0 Å². The van der Waals surface area contributed by atoms with Gasteiger partial charge in [-0.1, -0.05) is 121 Å². The zero-order chi connectivity index (χ0) is 34.6. The quantitative estimate of drug-likeness (QED) is 0.187. The Morgan fingerprint density at radius 3 is 1.64 bits per heavy atom. The molecule has 5 heteroatoms. The van der Waals surface area contributed by atoms with Crippen molar-refractivity contribution in [2.24, 2.45) is 0 Å². The fraction of sp³-hybridized carbons (Fsp3) is 0. The van der Waals surface area contributed by atoms with Gasteiger partial charge in [0.15, 0.2) is 0 Å². The summed E-state index contributed by atoms with van der Waals surface area (Å²) < 4.78 is 15.0. The van der Waals surface area contributed by atoms with Gasteiger partial charge in [0.1, 0.15) is 16.7 Å². The van der Waals surface area contributed by atoms with E-state index in [9.17, 15) is 0 Å². The summed E-state index contributed by atoms with van der Waals surface area (Å²) in [6.45, 7) is 0. The van der Waals surface area contributed by atoms with E-state index >= 15 is 0 Å². The molecule has 0 bridgehead atoms. The zero-order valence-corrected chi connectivity index (χ0v) is 28.2. The predicted molar refractivity (Wildman–Crippen MR) is 217 cm³/mol. The summed E-state index contributed by atoms with van der Waals surface area (Å²) in [5.41, 5.74) is 9.19. The number of fused-ring (bicyclic) bond motifs is 13. The zero-order valence-electron chi connectivity index (χ0n) is 28.2. The van der Waals surface area contributed by atoms with E-state index in [1.54, 1.807) is 0 Å². The molecule has 0 unspecified atom stereocenters. The largest absolute Gasteiger partial charge is 0.456 e. The third-order valence-electron chi connectivity index (χ3n) is 10.8. The molecule has 0 fully saturated rings. The Morgan fingerprint density at radius 1 is 0.377 bits per heavy atom. The van der Waals surface area contributed by atoms with Crippen molar-refractivity contribution in [3.63, 3.8) is 0 Å². The number of nitrogens with zero attached hydrogens (tertiary/aromatic N) is 3. The van der Waals surface area contributed by atoms with Gasteiger partial charge in [-0.3, -0.25) is 4.57 Å². The van der Waals surface area contributed by atoms with Crippen molar-refractivity contribution in [1.82, 2.24) is 14.5 Å². The number of hydrogen-bond donors (Lipinski definition) is 0. The molecule has 0 aliphatic carbocycles. The molecule has 4 heterocycles. The lowest BCUT2D eigenvalue weighted by molar-refractivity contribution is 0.651. The van der Waals surface area contributed by atoms with Crippen molar-refractivity contribution in [2.75, 3.05) is 0 Å². The summed E-state index contributed by atoms with van der Waals surface area (Å²) in [4.78, 5) is 10.7. The highest BCUT2D eigenvalue weighted by Gasteiger charge is 2.23. The highest BCUT2D eigenvalue weighted by molar-refractivity contribution is 6.28. The summed E-state index contributed by atoms with van der Waals surface area (Å²) in [6, 6.07) is 57.3. The molecule has 53 heavy (non-hydrogen) atoms. The van der Waals surface area contributed by atoms with Gasteiger partial charge >= 0.3 is 0 Å². The van der Waals surface area contributed by atoms with Crippen LogP contribution in [0, 0.1) is 0 Å². The third kappa shape index (κ3) is 4.07. The molecule has 0 spiro atoms. The Labute approximate surface area is 302 Å². The first-order valence-corrected chi connectivity index (χ1v) is 17.8. The highest BCUT2D eigenvalue weighted by Crippen LogP contribution is 2.42. The van der Waals surface area contributed by atoms with Gasteiger partial charge in [0.25, 0.3) is 0 Å². The van der Waals surface area contributed by atoms with E-state index in [-0.39, 0.29) is 0 Å². The number of rotatable bonds is 3. The van der Waals surface area contributed by atoms with Crippen molar-refractivity contribution in [2.45, 2.75) is 0 Å². The van der Waals surface area contributed by atoms with E-state index in [4.69, 9.17) is 18.8 Å². The average molecular weight is 678 g/mol. The SMILES string of the molecule is c1ccc(-c2nc(-n3c4ccc5ccccc5c4c4c5ccccc5ccc43)nc3oc4ccc(-c5ccc6oc7ccccc7c6c5)cc4c23)cc1. The molecule has 246 valence electrons. The van der Waals surface area contributed by atoms with Gasteiger partial charge in [0, 0.05) is 32.5 Å². The van der Waals surface area contributed by atoms with Crippen LogP contribution in [-0.4, -0.2) is 14.5 Å². The van der Waals surface area contributed by atoms with Crippen molar-refractivity contribution >= 4 is 87.4 Å². The second kappa shape index (κ2) is 10.6. The lowest BCUT2D eigenvalue weighted by atomic mass is 10.00. The molecule has 0 radical (unpaired) electrons. The standard InChI is InChI=1S/C48H27N3O2/c1-2-12-30(13-3-1)46-45-37-27-32(31-20-24-41-36(26-31)35-16-8-9-17-40(35)52-41)21-25-42(37)53-47(45)50-48(49-46)51-38-22-18-28-10-4-6-14-33(28)43(38)44-34-15-7-5-11-29(34)19-23-39(44)51/h1-27H. The highest BCUT2D eigenvalue weighted by atomic mass is 16.3. The minimum Gasteiger partial charge on any atom is -0.456 e. The second-order valence-corrected chi connectivity index (χ2v) is 13.7. The maximum atomic E-state index is 6.64. The van der Waals surface area contributed by atoms with Crippen LogP contribution in [0.1, 0.15) is 0 Å². The van der Waals surface area contributed by atoms with Gasteiger partial charge in [0.05, 0.1) is 22.1 Å². The summed E-state index contributed by atoms with van der Waals surface area (Å²) in [6.07, 6.45) is 0. The Balaban J connectivity index is 1.15. The van der Waals surface area contributed by atoms with Crippen LogP contribution < -0.4 is 0 Å². The van der Waals surface area contributed by atoms with Crippen LogP contribution in [0.2, 0.25) is 0 Å². The van der Waals surface area contributed by atoms with Gasteiger partial charge < -0.3 is 8.83 Å². The van der Waals surface area contributed by atoms with Crippen LogP contribution in [-0.2, 0) is 0 Å².